The number of rotatable bonds is 12. The van der Waals surface area contributed by atoms with Crippen molar-refractivity contribution in [3.05, 3.63) is 47.5 Å². The van der Waals surface area contributed by atoms with Gasteiger partial charge >= 0.3 is 6.09 Å². The molecule has 0 fully saturated rings. The minimum Gasteiger partial charge on any atom is -0.444 e. The molecular weight excluding hydrogens is 460 g/mol. The summed E-state index contributed by atoms with van der Waals surface area (Å²) in [4.78, 5) is 52.9. The van der Waals surface area contributed by atoms with Gasteiger partial charge in [-0.15, -0.1) is 6.58 Å². The van der Waals surface area contributed by atoms with E-state index < -0.39 is 42.0 Å². The van der Waals surface area contributed by atoms with E-state index in [0.717, 1.165) is 24.0 Å². The molecule has 3 unspecified atom stereocenters. The number of carbonyl (C=O) groups is 4. The number of hydrogen-bond acceptors (Lipinski definition) is 5. The molecule has 3 atom stereocenters. The molecule has 4 amide bonds. The molecule has 0 saturated carbocycles. The Morgan fingerprint density at radius 2 is 1.69 bits per heavy atom. The van der Waals surface area contributed by atoms with E-state index >= 15 is 0 Å². The van der Waals surface area contributed by atoms with Crippen LogP contribution in [-0.4, -0.2) is 52.9 Å². The van der Waals surface area contributed by atoms with Crippen LogP contribution in [0.3, 0.4) is 0 Å². The second-order valence-corrected chi connectivity index (χ2v) is 10.2. The molecule has 0 aliphatic heterocycles. The van der Waals surface area contributed by atoms with Gasteiger partial charge in [-0.3, -0.25) is 14.4 Å². The van der Waals surface area contributed by atoms with E-state index in [0.29, 0.717) is 5.56 Å². The van der Waals surface area contributed by atoms with Crippen LogP contribution in [0.5, 0.6) is 0 Å². The van der Waals surface area contributed by atoms with E-state index in [2.05, 4.69) is 17.2 Å². The van der Waals surface area contributed by atoms with Gasteiger partial charge in [0, 0.05) is 12.6 Å². The Kier molecular flexibility index (Phi) is 11.6. The van der Waals surface area contributed by atoms with Gasteiger partial charge in [0.05, 0.1) is 6.42 Å². The fourth-order valence-electron chi connectivity index (χ4n) is 3.98. The number of hydrogen-bond donors (Lipinski definition) is 3. The number of nitrogens with two attached hydrogens (primary N) is 1. The van der Waals surface area contributed by atoms with Crippen molar-refractivity contribution in [2.75, 3.05) is 6.54 Å². The molecule has 1 aromatic carbocycles. The zero-order chi connectivity index (χ0) is 27.6. The molecule has 0 heterocycles. The third kappa shape index (κ3) is 10.1. The van der Waals surface area contributed by atoms with Gasteiger partial charge in [-0.05, 0) is 53.5 Å². The van der Waals surface area contributed by atoms with Crippen LogP contribution in [0.25, 0.3) is 0 Å². The number of amides is 4. The first-order valence-corrected chi connectivity index (χ1v) is 12.3. The zero-order valence-corrected chi connectivity index (χ0v) is 22.6. The molecule has 0 aliphatic rings. The highest BCUT2D eigenvalue weighted by Gasteiger charge is 2.37. The summed E-state index contributed by atoms with van der Waals surface area (Å²) >= 11 is 0. The van der Waals surface area contributed by atoms with Crippen LogP contribution in [0.2, 0.25) is 0 Å². The molecule has 0 saturated heterocycles. The van der Waals surface area contributed by atoms with Crippen LogP contribution < -0.4 is 16.4 Å². The van der Waals surface area contributed by atoms with E-state index in [1.807, 2.05) is 45.9 Å². The van der Waals surface area contributed by atoms with Crippen LogP contribution in [0.1, 0.15) is 76.6 Å². The predicted octanol–water partition coefficient (Wildman–Crippen LogP) is 3.43. The minimum atomic E-state index is -1.33. The van der Waals surface area contributed by atoms with Gasteiger partial charge in [-0.2, -0.15) is 0 Å². The average molecular weight is 503 g/mol. The van der Waals surface area contributed by atoms with Crippen LogP contribution >= 0.6 is 0 Å². The van der Waals surface area contributed by atoms with Gasteiger partial charge in [0.25, 0.3) is 0 Å². The lowest BCUT2D eigenvalue weighted by Gasteiger charge is -2.34. The molecule has 9 nitrogen and oxygen atoms in total. The third-order valence-corrected chi connectivity index (χ3v) is 5.23. The van der Waals surface area contributed by atoms with Gasteiger partial charge < -0.3 is 26.0 Å². The maximum Gasteiger partial charge on any atom is 0.408 e. The molecule has 9 heteroatoms. The zero-order valence-electron chi connectivity index (χ0n) is 22.6. The predicted molar refractivity (Wildman–Crippen MR) is 140 cm³/mol. The van der Waals surface area contributed by atoms with Crippen LogP contribution in [0, 0.1) is 13.8 Å². The van der Waals surface area contributed by atoms with E-state index in [1.165, 1.54) is 11.0 Å². The summed E-state index contributed by atoms with van der Waals surface area (Å²) in [6, 6.07) is 3.19. The maximum absolute atomic E-state index is 13.8. The number of alkyl carbamates (subject to hydrolysis) is 1. The van der Waals surface area contributed by atoms with E-state index in [4.69, 9.17) is 10.5 Å². The van der Waals surface area contributed by atoms with Crippen molar-refractivity contribution in [3.63, 3.8) is 0 Å². The quantitative estimate of drug-likeness (QED) is 0.377. The number of aryl methyl sites for hydroxylation is 2. The summed E-state index contributed by atoms with van der Waals surface area (Å²) < 4.78 is 5.27. The topological polar surface area (TPSA) is 131 Å². The molecular formula is C27H42N4O5. The number of nitrogens with one attached hydrogen (secondary N) is 2. The molecule has 0 bridgehead atoms. The third-order valence-electron chi connectivity index (χ3n) is 5.23. The SMILES string of the molecule is C=CCN(C(=O)C(CC(N)=O)NC(=O)OC(C)(C)C)C(C(=O)NC(C)CCC)c1cc(C)cc(C)c1. The molecule has 0 aliphatic carbocycles. The van der Waals surface area contributed by atoms with Crippen molar-refractivity contribution in [3.8, 4) is 0 Å². The monoisotopic (exact) mass is 502 g/mol. The first-order chi connectivity index (χ1) is 16.7. The molecule has 0 aromatic heterocycles. The molecule has 0 spiro atoms. The Morgan fingerprint density at radius 3 is 2.17 bits per heavy atom. The second-order valence-electron chi connectivity index (χ2n) is 10.2. The van der Waals surface area contributed by atoms with Gasteiger partial charge in [-0.1, -0.05) is 48.7 Å². The summed E-state index contributed by atoms with van der Waals surface area (Å²) in [7, 11) is 0. The van der Waals surface area contributed by atoms with Gasteiger partial charge in [-0.25, -0.2) is 4.79 Å². The minimum absolute atomic E-state index is 0.00265. The molecule has 1 rings (SSSR count). The summed E-state index contributed by atoms with van der Waals surface area (Å²) in [5.41, 5.74) is 7.04. The summed E-state index contributed by atoms with van der Waals surface area (Å²) in [5, 5.41) is 5.45. The lowest BCUT2D eigenvalue weighted by molar-refractivity contribution is -0.143. The molecule has 200 valence electrons. The fourth-order valence-corrected chi connectivity index (χ4v) is 3.98. The molecule has 0 radical (unpaired) electrons. The first-order valence-electron chi connectivity index (χ1n) is 12.3. The first kappa shape index (κ1) is 30.7. The number of primary amides is 1. The van der Waals surface area contributed by atoms with Crippen molar-refractivity contribution in [2.24, 2.45) is 5.73 Å². The van der Waals surface area contributed by atoms with Crippen molar-refractivity contribution in [2.45, 2.75) is 91.5 Å². The Hall–Kier alpha value is -3.36. The smallest absolute Gasteiger partial charge is 0.408 e. The fraction of sp³-hybridized carbons (Fsp3) is 0.556. The molecule has 1 aromatic rings. The maximum atomic E-state index is 13.8. The van der Waals surface area contributed by atoms with Crippen molar-refractivity contribution >= 4 is 23.8 Å². The standard InChI is InChI=1S/C27H42N4O5/c1-9-11-19(5)29-24(33)23(20-14-17(3)13-18(4)15-20)31(12-10-2)25(34)21(16-22(28)32)30-26(35)36-27(6,7)8/h10,13-15,19,21,23H,2,9,11-12,16H2,1,3-8H3,(H2,28,32)(H,29,33)(H,30,35). The van der Waals surface area contributed by atoms with Crippen molar-refractivity contribution < 1.29 is 23.9 Å². The second kappa shape index (κ2) is 13.7. The highest BCUT2D eigenvalue weighted by molar-refractivity contribution is 5.94. The van der Waals surface area contributed by atoms with Crippen molar-refractivity contribution in [1.82, 2.24) is 15.5 Å². The largest absolute Gasteiger partial charge is 0.444 e. The highest BCUT2D eigenvalue weighted by atomic mass is 16.6. The Bertz CT molecular complexity index is 934. The Morgan fingerprint density at radius 1 is 1.11 bits per heavy atom. The van der Waals surface area contributed by atoms with Crippen LogP contribution in [-0.2, 0) is 19.1 Å². The summed E-state index contributed by atoms with van der Waals surface area (Å²) in [6.07, 6.45) is 1.81. The number of nitrogens with zero attached hydrogens (tertiary/aromatic N) is 1. The van der Waals surface area contributed by atoms with Crippen molar-refractivity contribution in [1.29, 1.82) is 0 Å². The van der Waals surface area contributed by atoms with Gasteiger partial charge in [0.15, 0.2) is 0 Å². The lowest BCUT2D eigenvalue weighted by atomic mass is 9.97. The lowest BCUT2D eigenvalue weighted by Crippen LogP contribution is -2.54. The van der Waals surface area contributed by atoms with Crippen LogP contribution in [0.4, 0.5) is 4.79 Å². The van der Waals surface area contributed by atoms with E-state index in [1.54, 1.807) is 20.8 Å². The average Bonchev–Trinajstić information content (AvgIpc) is 2.70. The number of benzene rings is 1. The van der Waals surface area contributed by atoms with E-state index in [9.17, 15) is 19.2 Å². The van der Waals surface area contributed by atoms with Gasteiger partial charge in [0.2, 0.25) is 17.7 Å². The van der Waals surface area contributed by atoms with Crippen LogP contribution in [0.15, 0.2) is 30.9 Å². The molecule has 36 heavy (non-hydrogen) atoms. The summed E-state index contributed by atoms with van der Waals surface area (Å²) in [6.45, 7) is 16.5. The van der Waals surface area contributed by atoms with Gasteiger partial charge in [0.1, 0.15) is 17.7 Å². The normalized spacial score (nSPS) is 13.6. The highest BCUT2D eigenvalue weighted by Crippen LogP contribution is 2.26. The Labute approximate surface area is 214 Å². The molecule has 4 N–H and O–H groups in total. The Balaban J connectivity index is 3.52. The number of ether oxygens (including phenoxy) is 1. The van der Waals surface area contributed by atoms with E-state index in [-0.39, 0.29) is 18.5 Å². The summed E-state index contributed by atoms with van der Waals surface area (Å²) in [5.74, 6) is -1.81. The number of carbonyl (C=O) groups excluding carboxylic acids is 4.